The van der Waals surface area contributed by atoms with Crippen LogP contribution in [0.4, 0.5) is 0 Å². The van der Waals surface area contributed by atoms with E-state index in [0.717, 1.165) is 5.92 Å². The Balaban J connectivity index is 0.000000288. The van der Waals surface area contributed by atoms with Crippen LogP contribution in [-0.2, 0) is 0 Å². The van der Waals surface area contributed by atoms with Gasteiger partial charge in [-0.2, -0.15) is 0 Å². The fourth-order valence-corrected chi connectivity index (χ4v) is 2.01. The van der Waals surface area contributed by atoms with Gasteiger partial charge in [-0.05, 0) is 24.3 Å². The summed E-state index contributed by atoms with van der Waals surface area (Å²) in [6.07, 6.45) is 11.4. The summed E-state index contributed by atoms with van der Waals surface area (Å²) in [5.41, 5.74) is 1.30. The van der Waals surface area contributed by atoms with Crippen molar-refractivity contribution in [3.63, 3.8) is 0 Å². The molecule has 0 aromatic rings. The molecule has 0 aromatic heterocycles. The van der Waals surface area contributed by atoms with Crippen molar-refractivity contribution in [3.05, 3.63) is 11.6 Å². The van der Waals surface area contributed by atoms with E-state index in [1.807, 2.05) is 13.1 Å². The van der Waals surface area contributed by atoms with Gasteiger partial charge in [0.25, 0.3) is 0 Å². The molecule has 0 N–H and O–H groups in total. The molecule has 0 amide bonds. The summed E-state index contributed by atoms with van der Waals surface area (Å²) in [6.45, 7) is 8.73. The summed E-state index contributed by atoms with van der Waals surface area (Å²) >= 11 is 0. The summed E-state index contributed by atoms with van der Waals surface area (Å²) < 4.78 is 0. The zero-order valence-corrected chi connectivity index (χ0v) is 11.8. The fraction of sp³-hybridized carbons (Fsp3) is 0.800. The van der Waals surface area contributed by atoms with Gasteiger partial charge in [-0.15, -0.1) is 0 Å². The Kier molecular flexibility index (Phi) is 9.27. The van der Waals surface area contributed by atoms with Gasteiger partial charge >= 0.3 is 0 Å². The third kappa shape index (κ3) is 7.67. The Hall–Kier alpha value is -0.590. The molecule has 1 saturated carbocycles. The minimum absolute atomic E-state index is 0.596. The molecule has 1 fully saturated rings. The first-order valence-electron chi connectivity index (χ1n) is 6.70. The SMILES string of the molecule is C/C=C(\C=NC)C(C)C.CC1CCCCC1. The van der Waals surface area contributed by atoms with Crippen LogP contribution in [0.3, 0.4) is 0 Å². The lowest BCUT2D eigenvalue weighted by molar-refractivity contribution is 0.385. The molecule has 1 aliphatic carbocycles. The Morgan fingerprint density at radius 1 is 1.19 bits per heavy atom. The van der Waals surface area contributed by atoms with Crippen LogP contribution < -0.4 is 0 Å². The van der Waals surface area contributed by atoms with Crippen molar-refractivity contribution in [1.82, 2.24) is 0 Å². The van der Waals surface area contributed by atoms with Crippen LogP contribution in [0.25, 0.3) is 0 Å². The van der Waals surface area contributed by atoms with Crippen LogP contribution in [0.1, 0.15) is 59.8 Å². The summed E-state index contributed by atoms with van der Waals surface area (Å²) in [6, 6.07) is 0. The zero-order valence-electron chi connectivity index (χ0n) is 11.8. The zero-order chi connectivity index (χ0) is 12.4. The van der Waals surface area contributed by atoms with Crippen LogP contribution in [0.15, 0.2) is 16.6 Å². The van der Waals surface area contributed by atoms with Gasteiger partial charge in [0.1, 0.15) is 0 Å². The first kappa shape index (κ1) is 15.4. The first-order valence-corrected chi connectivity index (χ1v) is 6.70. The van der Waals surface area contributed by atoms with Crippen molar-refractivity contribution in [3.8, 4) is 0 Å². The van der Waals surface area contributed by atoms with Gasteiger partial charge < -0.3 is 0 Å². The summed E-state index contributed by atoms with van der Waals surface area (Å²) in [5.74, 6) is 1.63. The second-order valence-corrected chi connectivity index (χ2v) is 5.07. The van der Waals surface area contributed by atoms with Crippen LogP contribution in [0.2, 0.25) is 0 Å². The van der Waals surface area contributed by atoms with E-state index in [4.69, 9.17) is 0 Å². The Morgan fingerprint density at radius 2 is 1.75 bits per heavy atom. The van der Waals surface area contributed by atoms with Crippen molar-refractivity contribution in [2.45, 2.75) is 59.8 Å². The number of rotatable bonds is 2. The molecule has 0 atom stereocenters. The molecule has 0 radical (unpaired) electrons. The highest BCUT2D eigenvalue weighted by atomic mass is 14.6. The Bertz CT molecular complexity index is 207. The molecule has 1 aliphatic rings. The van der Waals surface area contributed by atoms with Crippen molar-refractivity contribution >= 4 is 6.21 Å². The molecule has 0 bridgehead atoms. The minimum atomic E-state index is 0.596. The van der Waals surface area contributed by atoms with E-state index in [1.165, 1.54) is 37.7 Å². The molecule has 0 saturated heterocycles. The summed E-state index contributed by atoms with van der Waals surface area (Å²) in [5, 5.41) is 0. The highest BCUT2D eigenvalue weighted by molar-refractivity contribution is 5.78. The topological polar surface area (TPSA) is 12.4 Å². The Morgan fingerprint density at radius 3 is 1.94 bits per heavy atom. The molecule has 0 unspecified atom stereocenters. The highest BCUT2D eigenvalue weighted by Crippen LogP contribution is 2.22. The molecule has 0 spiro atoms. The average Bonchev–Trinajstić information content (AvgIpc) is 2.27. The molecule has 0 heterocycles. The second kappa shape index (κ2) is 9.62. The van der Waals surface area contributed by atoms with Crippen LogP contribution in [0, 0.1) is 11.8 Å². The smallest absolute Gasteiger partial charge is 0.0277 e. The quantitative estimate of drug-likeness (QED) is 0.592. The monoisotopic (exact) mass is 223 g/mol. The van der Waals surface area contributed by atoms with E-state index < -0.39 is 0 Å². The van der Waals surface area contributed by atoms with Crippen molar-refractivity contribution in [2.24, 2.45) is 16.8 Å². The van der Waals surface area contributed by atoms with Crippen molar-refractivity contribution < 1.29 is 0 Å². The summed E-state index contributed by atoms with van der Waals surface area (Å²) in [4.78, 5) is 3.93. The van der Waals surface area contributed by atoms with E-state index in [-0.39, 0.29) is 0 Å². The van der Waals surface area contributed by atoms with Gasteiger partial charge in [-0.25, -0.2) is 0 Å². The Labute approximate surface area is 102 Å². The van der Waals surface area contributed by atoms with Gasteiger partial charge in [0.2, 0.25) is 0 Å². The van der Waals surface area contributed by atoms with Gasteiger partial charge in [0, 0.05) is 13.3 Å². The number of allylic oxidation sites excluding steroid dienone is 2. The maximum atomic E-state index is 3.93. The van der Waals surface area contributed by atoms with E-state index in [0.29, 0.717) is 5.92 Å². The third-order valence-electron chi connectivity index (χ3n) is 3.17. The van der Waals surface area contributed by atoms with Gasteiger partial charge in [0.15, 0.2) is 0 Å². The van der Waals surface area contributed by atoms with Crippen LogP contribution >= 0.6 is 0 Å². The molecule has 16 heavy (non-hydrogen) atoms. The van der Waals surface area contributed by atoms with Gasteiger partial charge in [-0.1, -0.05) is 59.0 Å². The van der Waals surface area contributed by atoms with E-state index in [9.17, 15) is 0 Å². The number of nitrogens with zero attached hydrogens (tertiary/aromatic N) is 1. The van der Waals surface area contributed by atoms with E-state index >= 15 is 0 Å². The highest BCUT2D eigenvalue weighted by Gasteiger charge is 2.05. The lowest BCUT2D eigenvalue weighted by Gasteiger charge is -2.15. The molecule has 0 aliphatic heterocycles. The molecule has 1 heteroatoms. The second-order valence-electron chi connectivity index (χ2n) is 5.07. The molecular weight excluding hydrogens is 194 g/mol. The van der Waals surface area contributed by atoms with Crippen molar-refractivity contribution in [2.75, 3.05) is 7.05 Å². The average molecular weight is 223 g/mol. The lowest BCUT2D eigenvalue weighted by Crippen LogP contribution is -1.99. The van der Waals surface area contributed by atoms with Gasteiger partial charge in [-0.3, -0.25) is 4.99 Å². The van der Waals surface area contributed by atoms with Gasteiger partial charge in [0.05, 0.1) is 0 Å². The molecule has 0 aromatic carbocycles. The molecule has 1 nitrogen and oxygen atoms in total. The van der Waals surface area contributed by atoms with Crippen molar-refractivity contribution in [1.29, 1.82) is 0 Å². The number of hydrogen-bond acceptors (Lipinski definition) is 1. The molecule has 1 rings (SSSR count). The predicted molar refractivity (Wildman–Crippen MR) is 75.3 cm³/mol. The maximum absolute atomic E-state index is 3.93. The normalized spacial score (nSPS) is 18.8. The minimum Gasteiger partial charge on any atom is -0.296 e. The largest absolute Gasteiger partial charge is 0.296 e. The van der Waals surface area contributed by atoms with Crippen LogP contribution in [0.5, 0.6) is 0 Å². The number of aliphatic imine (C=N–C) groups is 1. The lowest BCUT2D eigenvalue weighted by atomic mass is 9.91. The predicted octanol–water partition coefficient (Wildman–Crippen LogP) is 4.88. The van der Waals surface area contributed by atoms with E-state index in [2.05, 4.69) is 31.8 Å². The summed E-state index contributed by atoms with van der Waals surface area (Å²) in [7, 11) is 1.80. The third-order valence-corrected chi connectivity index (χ3v) is 3.17. The van der Waals surface area contributed by atoms with E-state index in [1.54, 1.807) is 7.05 Å². The standard InChI is InChI=1S/C8H15N.C7H14/c1-5-8(6-9-4)7(2)3;1-7-5-3-2-4-6-7/h5-7H,1-4H3;7H,2-6H2,1H3/b8-5+,9-6?;. The fourth-order valence-electron chi connectivity index (χ4n) is 2.01. The van der Waals surface area contributed by atoms with Crippen LogP contribution in [-0.4, -0.2) is 13.3 Å². The molecule has 94 valence electrons. The molecular formula is C15H29N. The number of hydrogen-bond donors (Lipinski definition) is 0. The first-order chi connectivity index (χ1) is 7.61. The maximum Gasteiger partial charge on any atom is 0.0277 e.